The Morgan fingerprint density at radius 3 is 2.31 bits per heavy atom. The van der Waals surface area contributed by atoms with E-state index in [0.29, 0.717) is 0 Å². The van der Waals surface area contributed by atoms with Crippen LogP contribution in [0.4, 0.5) is 0 Å². The van der Waals surface area contributed by atoms with Crippen molar-refractivity contribution < 1.29 is 0 Å². The van der Waals surface area contributed by atoms with Gasteiger partial charge in [0.25, 0.3) is 0 Å². The lowest BCUT2D eigenvalue weighted by Gasteiger charge is -2.32. The highest BCUT2D eigenvalue weighted by Crippen LogP contribution is 2.33. The summed E-state index contributed by atoms with van der Waals surface area (Å²) in [6, 6.07) is 12.3. The van der Waals surface area contributed by atoms with Crippen molar-refractivity contribution in [1.82, 2.24) is 0 Å². The zero-order chi connectivity index (χ0) is 11.6. The molecular weight excluding hydrogens is 208 g/mol. The summed E-state index contributed by atoms with van der Waals surface area (Å²) >= 11 is 0. The first-order valence-electron chi connectivity index (χ1n) is 5.97. The van der Waals surface area contributed by atoms with Crippen molar-refractivity contribution in [3.8, 4) is 0 Å². The van der Waals surface area contributed by atoms with Gasteiger partial charge >= 0.3 is 0 Å². The number of benzene rings is 1. The largest absolute Gasteiger partial charge is 0.0989 e. The van der Waals surface area contributed by atoms with Crippen molar-refractivity contribution in [1.29, 1.82) is 0 Å². The van der Waals surface area contributed by atoms with Gasteiger partial charge in [0.05, 0.1) is 8.07 Å². The van der Waals surface area contributed by atoms with E-state index >= 15 is 0 Å². The molecule has 0 saturated carbocycles. The molecule has 1 aliphatic carbocycles. The number of hydrogen-bond acceptors (Lipinski definition) is 0. The quantitative estimate of drug-likeness (QED) is 0.692. The van der Waals surface area contributed by atoms with Gasteiger partial charge in [0, 0.05) is 5.54 Å². The lowest BCUT2D eigenvalue weighted by molar-refractivity contribution is 1.29. The summed E-state index contributed by atoms with van der Waals surface area (Å²) in [5.74, 6) is 0. The van der Waals surface area contributed by atoms with E-state index in [9.17, 15) is 0 Å². The normalized spacial score (nSPS) is 19.6. The molecule has 0 nitrogen and oxygen atoms in total. The van der Waals surface area contributed by atoms with Gasteiger partial charge in [0.1, 0.15) is 0 Å². The number of hydrogen-bond donors (Lipinski definition) is 0. The molecule has 1 aliphatic rings. The molecule has 83 valence electrons. The van der Waals surface area contributed by atoms with Crippen LogP contribution in [0.2, 0.25) is 12.6 Å². The molecular formula is C15H19Si. The van der Waals surface area contributed by atoms with Gasteiger partial charge in [0.15, 0.2) is 0 Å². The van der Waals surface area contributed by atoms with Crippen molar-refractivity contribution in [2.24, 2.45) is 0 Å². The second-order valence-electron chi connectivity index (χ2n) is 4.67. The molecule has 16 heavy (non-hydrogen) atoms. The van der Waals surface area contributed by atoms with E-state index in [2.05, 4.69) is 69.0 Å². The van der Waals surface area contributed by atoms with E-state index in [-0.39, 0.29) is 0 Å². The lowest BCUT2D eigenvalue weighted by atomic mass is 10.3. The highest BCUT2D eigenvalue weighted by atomic mass is 28.3. The Labute approximate surface area is 99.7 Å². The maximum Gasteiger partial charge on any atom is 0.0989 e. The molecule has 0 fully saturated rings. The van der Waals surface area contributed by atoms with Gasteiger partial charge in [-0.3, -0.25) is 0 Å². The van der Waals surface area contributed by atoms with Crippen LogP contribution in [-0.2, 0) is 0 Å². The number of allylic oxidation sites excluding steroid dienone is 4. The molecule has 1 heteroatoms. The molecule has 0 aliphatic heterocycles. The first-order chi connectivity index (χ1) is 7.68. The summed E-state index contributed by atoms with van der Waals surface area (Å²) in [4.78, 5) is 0. The average molecular weight is 227 g/mol. The summed E-state index contributed by atoms with van der Waals surface area (Å²) in [6.45, 7) is 7.04. The minimum Gasteiger partial charge on any atom is -0.0757 e. The van der Waals surface area contributed by atoms with Gasteiger partial charge in [-0.1, -0.05) is 78.8 Å². The Kier molecular flexibility index (Phi) is 3.15. The molecule has 0 aromatic heterocycles. The first kappa shape index (κ1) is 11.4. The molecule has 1 unspecified atom stereocenters. The van der Waals surface area contributed by atoms with E-state index in [1.54, 1.807) is 10.7 Å². The van der Waals surface area contributed by atoms with Gasteiger partial charge in [-0.25, -0.2) is 0 Å². The van der Waals surface area contributed by atoms with Crippen molar-refractivity contribution in [3.05, 3.63) is 59.7 Å². The van der Waals surface area contributed by atoms with Crippen LogP contribution >= 0.6 is 0 Å². The fourth-order valence-corrected chi connectivity index (χ4v) is 5.93. The second kappa shape index (κ2) is 4.42. The monoisotopic (exact) mass is 227 g/mol. The number of rotatable bonds is 3. The molecule has 1 atom stereocenters. The molecule has 1 aromatic carbocycles. The van der Waals surface area contributed by atoms with Crippen LogP contribution in [0.5, 0.6) is 0 Å². The lowest BCUT2D eigenvalue weighted by Crippen LogP contribution is -2.49. The predicted molar refractivity (Wildman–Crippen MR) is 74.3 cm³/mol. The summed E-state index contributed by atoms with van der Waals surface area (Å²) < 4.78 is 0. The maximum absolute atomic E-state index is 2.48. The van der Waals surface area contributed by atoms with Gasteiger partial charge in [-0.15, -0.1) is 0 Å². The SMILES string of the molecule is CC[Si](C)([C]1C=CC=C1C)c1ccccc1. The van der Waals surface area contributed by atoms with Gasteiger partial charge in [-0.2, -0.15) is 0 Å². The topological polar surface area (TPSA) is 0 Å². The van der Waals surface area contributed by atoms with Gasteiger partial charge in [0.2, 0.25) is 0 Å². The summed E-state index contributed by atoms with van der Waals surface area (Å²) in [7, 11) is -1.47. The van der Waals surface area contributed by atoms with Crippen molar-refractivity contribution in [2.45, 2.75) is 26.4 Å². The van der Waals surface area contributed by atoms with Crippen molar-refractivity contribution in [3.63, 3.8) is 0 Å². The van der Waals surface area contributed by atoms with Crippen LogP contribution in [-0.4, -0.2) is 8.07 Å². The van der Waals surface area contributed by atoms with Crippen molar-refractivity contribution >= 4 is 13.3 Å². The minimum atomic E-state index is -1.47. The van der Waals surface area contributed by atoms with Crippen LogP contribution in [0.3, 0.4) is 0 Å². The van der Waals surface area contributed by atoms with Crippen LogP contribution < -0.4 is 5.19 Å². The smallest absolute Gasteiger partial charge is 0.0757 e. The molecule has 0 heterocycles. The fourth-order valence-electron chi connectivity index (χ4n) is 2.49. The Morgan fingerprint density at radius 2 is 1.81 bits per heavy atom. The third-order valence-electron chi connectivity index (χ3n) is 3.75. The highest BCUT2D eigenvalue weighted by Gasteiger charge is 2.37. The summed E-state index contributed by atoms with van der Waals surface area (Å²) in [6.07, 6.45) is 6.74. The predicted octanol–water partition coefficient (Wildman–Crippen LogP) is 3.62. The van der Waals surface area contributed by atoms with Crippen LogP contribution in [0.15, 0.2) is 54.1 Å². The maximum atomic E-state index is 2.48. The Bertz CT molecular complexity index is 416. The van der Waals surface area contributed by atoms with E-state index in [1.807, 2.05) is 0 Å². The average Bonchev–Trinajstić information content (AvgIpc) is 2.76. The van der Waals surface area contributed by atoms with Crippen LogP contribution in [0, 0.1) is 5.54 Å². The summed E-state index contributed by atoms with van der Waals surface area (Å²) in [5, 5.41) is 1.55. The molecule has 0 N–H and O–H groups in total. The van der Waals surface area contributed by atoms with E-state index in [1.165, 1.54) is 11.6 Å². The van der Waals surface area contributed by atoms with Gasteiger partial charge < -0.3 is 0 Å². The van der Waals surface area contributed by atoms with E-state index < -0.39 is 8.07 Å². The molecule has 1 aromatic rings. The van der Waals surface area contributed by atoms with Crippen LogP contribution in [0.1, 0.15) is 13.8 Å². The molecule has 0 bridgehead atoms. The third kappa shape index (κ3) is 1.80. The zero-order valence-electron chi connectivity index (χ0n) is 10.3. The molecule has 0 amide bonds. The second-order valence-corrected chi connectivity index (χ2v) is 9.16. The summed E-state index contributed by atoms with van der Waals surface area (Å²) in [5.41, 5.74) is 3.06. The van der Waals surface area contributed by atoms with Crippen molar-refractivity contribution in [2.75, 3.05) is 0 Å². The molecule has 1 radical (unpaired) electrons. The molecule has 2 rings (SSSR count). The molecule has 0 saturated heterocycles. The van der Waals surface area contributed by atoms with Gasteiger partial charge in [-0.05, 0) is 6.92 Å². The Hall–Kier alpha value is -1.08. The van der Waals surface area contributed by atoms with E-state index in [4.69, 9.17) is 0 Å². The fraction of sp³-hybridized carbons (Fsp3) is 0.267. The minimum absolute atomic E-state index is 1.27. The third-order valence-corrected chi connectivity index (χ3v) is 8.52. The zero-order valence-corrected chi connectivity index (χ0v) is 11.3. The Balaban J connectivity index is 2.40. The Morgan fingerprint density at radius 1 is 1.12 bits per heavy atom. The standard InChI is InChI=1S/C15H19Si/c1-4-16(3,14-10-6-5-7-11-14)15-12-8-9-13(15)2/h5-12H,4H2,1-3H3. The highest BCUT2D eigenvalue weighted by molar-refractivity contribution is 6.96. The van der Waals surface area contributed by atoms with E-state index in [0.717, 1.165) is 0 Å². The first-order valence-corrected chi connectivity index (χ1v) is 8.67. The molecule has 0 spiro atoms. The van der Waals surface area contributed by atoms with Crippen LogP contribution in [0.25, 0.3) is 0 Å².